The maximum atomic E-state index is 12.1. The van der Waals surface area contributed by atoms with Gasteiger partial charge >= 0.3 is 0 Å². The summed E-state index contributed by atoms with van der Waals surface area (Å²) in [6, 6.07) is 0.400. The highest BCUT2D eigenvalue weighted by atomic mass is 32.2. The van der Waals surface area contributed by atoms with Crippen molar-refractivity contribution in [3.05, 3.63) is 12.4 Å². The molecule has 1 atom stereocenters. The van der Waals surface area contributed by atoms with Gasteiger partial charge in [0.2, 0.25) is 10.0 Å². The van der Waals surface area contributed by atoms with E-state index in [9.17, 15) is 8.42 Å². The molecule has 0 aromatic carbocycles. The fourth-order valence-electron chi connectivity index (χ4n) is 2.16. The number of hydrogen-bond acceptors (Lipinski definition) is 5. The topological polar surface area (TPSA) is 85.2 Å². The Balaban J connectivity index is 1.86. The summed E-state index contributed by atoms with van der Waals surface area (Å²) in [7, 11) is -3.50. The predicted octanol–water partition coefficient (Wildman–Crippen LogP) is 0.338. The maximum absolute atomic E-state index is 12.1. The van der Waals surface area contributed by atoms with Gasteiger partial charge in [-0.1, -0.05) is 13.8 Å². The van der Waals surface area contributed by atoms with Crippen LogP contribution in [0, 0.1) is 0 Å². The Bertz CT molecular complexity index is 535. The van der Waals surface area contributed by atoms with Gasteiger partial charge < -0.3 is 10.1 Å². The summed E-state index contributed by atoms with van der Waals surface area (Å²) in [6.07, 6.45) is 4.83. The van der Waals surface area contributed by atoms with Crippen molar-refractivity contribution in [3.8, 4) is 0 Å². The van der Waals surface area contributed by atoms with Crippen LogP contribution >= 0.6 is 0 Å². The van der Waals surface area contributed by atoms with Crippen LogP contribution in [0.25, 0.3) is 0 Å². The second-order valence-electron chi connectivity index (χ2n) is 5.53. The number of nitrogens with zero attached hydrogens (tertiary/aromatic N) is 2. The standard InChI is InChI=1S/C13H24N4O3S/c1-11(2)14-5-6-17-10-13(9-15-17)21(18,19)16-8-12-4-3-7-20-12/h9-12,14,16H,3-8H2,1-2H3. The zero-order valence-corrected chi connectivity index (χ0v) is 13.4. The number of ether oxygens (including phenoxy) is 1. The molecule has 1 aliphatic heterocycles. The molecule has 7 nitrogen and oxygen atoms in total. The highest BCUT2D eigenvalue weighted by Crippen LogP contribution is 2.12. The third kappa shape index (κ3) is 5.06. The molecule has 1 fully saturated rings. The number of aromatic nitrogens is 2. The first kappa shape index (κ1) is 16.4. The lowest BCUT2D eigenvalue weighted by molar-refractivity contribution is 0.114. The van der Waals surface area contributed by atoms with Gasteiger partial charge in [0.1, 0.15) is 4.90 Å². The molecule has 1 saturated heterocycles. The predicted molar refractivity (Wildman–Crippen MR) is 79.5 cm³/mol. The second kappa shape index (κ2) is 7.35. The second-order valence-corrected chi connectivity index (χ2v) is 7.30. The summed E-state index contributed by atoms with van der Waals surface area (Å²) in [5.74, 6) is 0. The van der Waals surface area contributed by atoms with Crippen LogP contribution in [0.2, 0.25) is 0 Å². The van der Waals surface area contributed by atoms with E-state index in [0.29, 0.717) is 25.7 Å². The molecule has 1 unspecified atom stereocenters. The highest BCUT2D eigenvalue weighted by molar-refractivity contribution is 7.89. The largest absolute Gasteiger partial charge is 0.377 e. The fraction of sp³-hybridized carbons (Fsp3) is 0.769. The van der Waals surface area contributed by atoms with Crippen molar-refractivity contribution in [1.82, 2.24) is 19.8 Å². The maximum Gasteiger partial charge on any atom is 0.243 e. The van der Waals surface area contributed by atoms with E-state index in [1.165, 1.54) is 6.20 Å². The van der Waals surface area contributed by atoms with Crippen molar-refractivity contribution in [2.24, 2.45) is 0 Å². The van der Waals surface area contributed by atoms with Gasteiger partial charge in [-0.15, -0.1) is 0 Å². The lowest BCUT2D eigenvalue weighted by Gasteiger charge is -2.10. The molecule has 1 aromatic rings. The quantitative estimate of drug-likeness (QED) is 0.722. The van der Waals surface area contributed by atoms with Crippen LogP contribution in [0.5, 0.6) is 0 Å². The minimum absolute atomic E-state index is 0.00920. The molecule has 0 spiro atoms. The van der Waals surface area contributed by atoms with Gasteiger partial charge in [0, 0.05) is 31.9 Å². The SMILES string of the molecule is CC(C)NCCn1cc(S(=O)(=O)NCC2CCCO2)cn1. The summed E-state index contributed by atoms with van der Waals surface area (Å²) in [5, 5.41) is 7.35. The van der Waals surface area contributed by atoms with Gasteiger partial charge in [-0.25, -0.2) is 13.1 Å². The van der Waals surface area contributed by atoms with E-state index in [0.717, 1.165) is 19.4 Å². The Morgan fingerprint density at radius 1 is 1.52 bits per heavy atom. The van der Waals surface area contributed by atoms with Crippen molar-refractivity contribution in [3.63, 3.8) is 0 Å². The van der Waals surface area contributed by atoms with Crippen LogP contribution in [-0.4, -0.2) is 50.0 Å². The Morgan fingerprint density at radius 2 is 2.33 bits per heavy atom. The Morgan fingerprint density at radius 3 is 3.00 bits per heavy atom. The summed E-state index contributed by atoms with van der Waals surface area (Å²) in [4.78, 5) is 0.199. The van der Waals surface area contributed by atoms with Crippen LogP contribution < -0.4 is 10.0 Å². The summed E-state index contributed by atoms with van der Waals surface area (Å²) in [5.41, 5.74) is 0. The van der Waals surface area contributed by atoms with Crippen molar-refractivity contribution in [1.29, 1.82) is 0 Å². The average molecular weight is 316 g/mol. The molecule has 0 radical (unpaired) electrons. The molecule has 0 aliphatic carbocycles. The third-order valence-corrected chi connectivity index (χ3v) is 4.72. The van der Waals surface area contributed by atoms with Crippen LogP contribution in [0.1, 0.15) is 26.7 Å². The van der Waals surface area contributed by atoms with Gasteiger partial charge in [-0.05, 0) is 12.8 Å². The smallest absolute Gasteiger partial charge is 0.243 e. The molecular weight excluding hydrogens is 292 g/mol. The minimum Gasteiger partial charge on any atom is -0.377 e. The number of nitrogens with one attached hydrogen (secondary N) is 2. The number of hydrogen-bond donors (Lipinski definition) is 2. The first-order valence-corrected chi connectivity index (χ1v) is 8.83. The molecule has 21 heavy (non-hydrogen) atoms. The van der Waals surface area contributed by atoms with E-state index < -0.39 is 10.0 Å². The van der Waals surface area contributed by atoms with Crippen LogP contribution in [-0.2, 0) is 21.3 Å². The van der Waals surface area contributed by atoms with Crippen molar-refractivity contribution >= 4 is 10.0 Å². The molecule has 2 heterocycles. The lowest BCUT2D eigenvalue weighted by atomic mass is 10.2. The molecular formula is C13H24N4O3S. The molecule has 1 aliphatic rings. The summed E-state index contributed by atoms with van der Waals surface area (Å²) in [6.45, 7) is 6.55. The summed E-state index contributed by atoms with van der Waals surface area (Å²) < 4.78 is 33.9. The van der Waals surface area contributed by atoms with Crippen molar-refractivity contribution in [2.75, 3.05) is 19.7 Å². The third-order valence-electron chi connectivity index (χ3n) is 3.34. The Labute approximate surface area is 126 Å². The van der Waals surface area contributed by atoms with Gasteiger partial charge in [0.05, 0.1) is 18.8 Å². The molecule has 1 aromatic heterocycles. The zero-order chi connectivity index (χ0) is 15.3. The minimum atomic E-state index is -3.50. The van der Waals surface area contributed by atoms with Crippen molar-refractivity contribution < 1.29 is 13.2 Å². The molecule has 2 rings (SSSR count). The molecule has 120 valence electrons. The molecule has 0 saturated carbocycles. The molecule has 0 amide bonds. The first-order chi connectivity index (χ1) is 9.97. The molecule has 8 heteroatoms. The van der Waals surface area contributed by atoms with Gasteiger partial charge in [-0.2, -0.15) is 5.10 Å². The van der Waals surface area contributed by atoms with Gasteiger partial charge in [-0.3, -0.25) is 4.68 Å². The van der Waals surface area contributed by atoms with E-state index in [1.807, 2.05) is 0 Å². The van der Waals surface area contributed by atoms with Gasteiger partial charge in [0.25, 0.3) is 0 Å². The van der Waals surface area contributed by atoms with Crippen LogP contribution in [0.4, 0.5) is 0 Å². The number of sulfonamides is 1. The van der Waals surface area contributed by atoms with Crippen molar-refractivity contribution in [2.45, 2.75) is 50.3 Å². The van der Waals surface area contributed by atoms with E-state index >= 15 is 0 Å². The fourth-order valence-corrected chi connectivity index (χ4v) is 3.18. The first-order valence-electron chi connectivity index (χ1n) is 7.34. The van der Waals surface area contributed by atoms with Crippen LogP contribution in [0.3, 0.4) is 0 Å². The average Bonchev–Trinajstić information content (AvgIpc) is 3.07. The number of rotatable bonds is 8. The lowest BCUT2D eigenvalue weighted by Crippen LogP contribution is -2.31. The van der Waals surface area contributed by atoms with E-state index in [-0.39, 0.29) is 11.0 Å². The molecule has 2 N–H and O–H groups in total. The zero-order valence-electron chi connectivity index (χ0n) is 12.6. The Kier molecular flexibility index (Phi) is 5.74. The van der Waals surface area contributed by atoms with E-state index in [2.05, 4.69) is 29.0 Å². The summed E-state index contributed by atoms with van der Waals surface area (Å²) >= 11 is 0. The van der Waals surface area contributed by atoms with E-state index in [4.69, 9.17) is 4.74 Å². The normalized spacial score (nSPS) is 19.5. The highest BCUT2D eigenvalue weighted by Gasteiger charge is 2.21. The van der Waals surface area contributed by atoms with Crippen LogP contribution in [0.15, 0.2) is 17.3 Å². The van der Waals surface area contributed by atoms with Gasteiger partial charge in [0.15, 0.2) is 0 Å². The molecule has 0 bridgehead atoms. The Hall–Kier alpha value is -0.960. The van der Waals surface area contributed by atoms with E-state index in [1.54, 1.807) is 10.9 Å². The monoisotopic (exact) mass is 316 g/mol.